The molecule has 0 heterocycles. The Morgan fingerprint density at radius 3 is 1.84 bits per heavy atom. The van der Waals surface area contributed by atoms with Crippen LogP contribution in [0.2, 0.25) is 0 Å². The first kappa shape index (κ1) is 17.0. The molecule has 0 saturated heterocycles. The van der Waals surface area contributed by atoms with E-state index in [1.165, 1.54) is 5.56 Å². The quantitative estimate of drug-likeness (QED) is 0.482. The van der Waals surface area contributed by atoms with Crippen molar-refractivity contribution in [2.24, 2.45) is 0 Å². The van der Waals surface area contributed by atoms with Gasteiger partial charge in [0.25, 0.3) is 0 Å². The number of carbonyl (C=O) groups is 1. The first-order chi connectivity index (χ1) is 12.2. The molecule has 1 unspecified atom stereocenters. The molecule has 0 amide bonds. The van der Waals surface area contributed by atoms with Gasteiger partial charge in [0, 0.05) is 22.6 Å². The summed E-state index contributed by atoms with van der Waals surface area (Å²) in [5.41, 5.74) is 5.28. The maximum absolute atomic E-state index is 10.9. The van der Waals surface area contributed by atoms with Gasteiger partial charge in [-0.1, -0.05) is 44.2 Å². The number of carbonyl (C=O) groups excluding carboxylic acids is 1. The summed E-state index contributed by atoms with van der Waals surface area (Å²) in [6.07, 6.45) is 2.01. The molecule has 0 bridgehead atoms. The second kappa shape index (κ2) is 7.80. The fourth-order valence-corrected chi connectivity index (χ4v) is 2.91. The maximum Gasteiger partial charge on any atom is 0.150 e. The van der Waals surface area contributed by atoms with Crippen molar-refractivity contribution in [1.82, 2.24) is 0 Å². The molecule has 0 fully saturated rings. The van der Waals surface area contributed by atoms with Crippen LogP contribution in [0.3, 0.4) is 0 Å². The van der Waals surface area contributed by atoms with Crippen LogP contribution in [0.4, 0.5) is 17.1 Å². The van der Waals surface area contributed by atoms with Gasteiger partial charge in [-0.2, -0.15) is 0 Å². The second-order valence-electron chi connectivity index (χ2n) is 6.28. The van der Waals surface area contributed by atoms with Gasteiger partial charge in [-0.3, -0.25) is 4.79 Å². The van der Waals surface area contributed by atoms with Crippen molar-refractivity contribution in [3.05, 3.63) is 90.0 Å². The molecular weight excluding hydrogens is 306 g/mol. The first-order valence-corrected chi connectivity index (χ1v) is 8.73. The summed E-state index contributed by atoms with van der Waals surface area (Å²) in [6, 6.07) is 26.7. The Morgan fingerprint density at radius 2 is 1.32 bits per heavy atom. The summed E-state index contributed by atoms with van der Waals surface area (Å²) in [4.78, 5) is 13.1. The highest BCUT2D eigenvalue weighted by atomic mass is 16.1. The summed E-state index contributed by atoms with van der Waals surface area (Å²) in [5, 5.41) is 0. The molecule has 0 aliphatic carbocycles. The highest BCUT2D eigenvalue weighted by Gasteiger charge is 2.12. The largest absolute Gasteiger partial charge is 0.311 e. The van der Waals surface area contributed by atoms with Gasteiger partial charge in [-0.05, 0) is 66.4 Å². The number of anilines is 3. The highest BCUT2D eigenvalue weighted by Crippen LogP contribution is 2.35. The molecule has 0 radical (unpaired) electrons. The van der Waals surface area contributed by atoms with Crippen LogP contribution in [0.5, 0.6) is 0 Å². The summed E-state index contributed by atoms with van der Waals surface area (Å²) in [6.45, 7) is 4.46. The number of benzene rings is 3. The number of hydrogen-bond donors (Lipinski definition) is 0. The number of hydrogen-bond acceptors (Lipinski definition) is 2. The maximum atomic E-state index is 10.9. The van der Waals surface area contributed by atoms with Gasteiger partial charge in [0.1, 0.15) is 6.29 Å². The van der Waals surface area contributed by atoms with E-state index in [0.717, 1.165) is 29.8 Å². The SMILES string of the molecule is CCC(C)c1ccc(N(c2ccccc2)c2ccc(C=O)cc2)cc1. The number of para-hydroxylation sites is 1. The predicted octanol–water partition coefficient (Wildman–Crippen LogP) is 6.48. The molecule has 3 aromatic rings. The van der Waals surface area contributed by atoms with E-state index in [1.807, 2.05) is 42.5 Å². The average molecular weight is 329 g/mol. The molecule has 2 heteroatoms. The van der Waals surface area contributed by atoms with Crippen molar-refractivity contribution in [2.45, 2.75) is 26.2 Å². The lowest BCUT2D eigenvalue weighted by atomic mass is 9.98. The molecular formula is C23H23NO. The Balaban J connectivity index is 2.03. The summed E-state index contributed by atoms with van der Waals surface area (Å²) >= 11 is 0. The molecule has 0 aromatic heterocycles. The van der Waals surface area contributed by atoms with Crippen molar-refractivity contribution in [2.75, 3.05) is 4.90 Å². The van der Waals surface area contributed by atoms with Gasteiger partial charge in [0.15, 0.2) is 0 Å². The Bertz CT molecular complexity index is 807. The zero-order valence-electron chi connectivity index (χ0n) is 14.7. The van der Waals surface area contributed by atoms with Gasteiger partial charge in [-0.25, -0.2) is 0 Å². The smallest absolute Gasteiger partial charge is 0.150 e. The van der Waals surface area contributed by atoms with Crippen LogP contribution in [-0.4, -0.2) is 6.29 Å². The minimum atomic E-state index is 0.561. The van der Waals surface area contributed by atoms with E-state index in [4.69, 9.17) is 0 Å². The highest BCUT2D eigenvalue weighted by molar-refractivity contribution is 5.80. The second-order valence-corrected chi connectivity index (χ2v) is 6.28. The summed E-state index contributed by atoms with van der Waals surface area (Å²) in [7, 11) is 0. The molecule has 0 aliphatic rings. The van der Waals surface area contributed by atoms with E-state index in [-0.39, 0.29) is 0 Å². The molecule has 25 heavy (non-hydrogen) atoms. The van der Waals surface area contributed by atoms with Crippen LogP contribution in [-0.2, 0) is 0 Å². The molecule has 0 saturated carbocycles. The molecule has 2 nitrogen and oxygen atoms in total. The van der Waals surface area contributed by atoms with Crippen molar-refractivity contribution < 1.29 is 4.79 Å². The molecule has 0 N–H and O–H groups in total. The van der Waals surface area contributed by atoms with E-state index in [1.54, 1.807) is 0 Å². The van der Waals surface area contributed by atoms with Gasteiger partial charge in [0.05, 0.1) is 0 Å². The third kappa shape index (κ3) is 3.80. The Hall–Kier alpha value is -2.87. The van der Waals surface area contributed by atoms with Gasteiger partial charge in [0.2, 0.25) is 0 Å². The predicted molar refractivity (Wildman–Crippen MR) is 105 cm³/mol. The molecule has 3 rings (SSSR count). The van der Waals surface area contributed by atoms with Crippen LogP contribution in [0, 0.1) is 0 Å². The van der Waals surface area contributed by atoms with Crippen LogP contribution in [0.25, 0.3) is 0 Å². The molecule has 0 aliphatic heterocycles. The number of rotatable bonds is 6. The fourth-order valence-electron chi connectivity index (χ4n) is 2.91. The number of aldehydes is 1. The van der Waals surface area contributed by atoms with Crippen molar-refractivity contribution in [3.63, 3.8) is 0 Å². The van der Waals surface area contributed by atoms with Crippen molar-refractivity contribution in [1.29, 1.82) is 0 Å². The molecule has 3 aromatic carbocycles. The summed E-state index contributed by atoms with van der Waals surface area (Å²) in [5.74, 6) is 0.561. The standard InChI is InChI=1S/C23H23NO/c1-3-18(2)20-11-15-23(16-12-20)24(21-7-5-4-6-8-21)22-13-9-19(17-25)10-14-22/h4-18H,3H2,1-2H3. The Labute approximate surface area is 149 Å². The van der Waals surface area contributed by atoms with Gasteiger partial charge < -0.3 is 4.90 Å². The first-order valence-electron chi connectivity index (χ1n) is 8.73. The van der Waals surface area contributed by atoms with Gasteiger partial charge in [-0.15, -0.1) is 0 Å². The minimum Gasteiger partial charge on any atom is -0.311 e. The average Bonchev–Trinajstić information content (AvgIpc) is 2.69. The van der Waals surface area contributed by atoms with Gasteiger partial charge >= 0.3 is 0 Å². The van der Waals surface area contributed by atoms with Crippen molar-refractivity contribution in [3.8, 4) is 0 Å². The topological polar surface area (TPSA) is 20.3 Å². The number of nitrogens with zero attached hydrogens (tertiary/aromatic N) is 1. The fraction of sp³-hybridized carbons (Fsp3) is 0.174. The van der Waals surface area contributed by atoms with Crippen LogP contribution in [0.1, 0.15) is 42.1 Å². The molecule has 126 valence electrons. The molecule has 1 atom stereocenters. The van der Waals surface area contributed by atoms with E-state index in [9.17, 15) is 4.79 Å². The van der Waals surface area contributed by atoms with E-state index >= 15 is 0 Å². The zero-order valence-corrected chi connectivity index (χ0v) is 14.7. The normalized spacial score (nSPS) is 11.8. The van der Waals surface area contributed by atoms with E-state index in [0.29, 0.717) is 11.5 Å². The van der Waals surface area contributed by atoms with E-state index in [2.05, 4.69) is 55.1 Å². The van der Waals surface area contributed by atoms with Crippen LogP contribution < -0.4 is 4.90 Å². The lowest BCUT2D eigenvalue weighted by Crippen LogP contribution is -2.10. The molecule has 0 spiro atoms. The monoisotopic (exact) mass is 329 g/mol. The summed E-state index contributed by atoms with van der Waals surface area (Å²) < 4.78 is 0. The van der Waals surface area contributed by atoms with Crippen LogP contribution >= 0.6 is 0 Å². The van der Waals surface area contributed by atoms with E-state index < -0.39 is 0 Å². The lowest BCUT2D eigenvalue weighted by molar-refractivity contribution is 0.112. The zero-order chi connectivity index (χ0) is 17.6. The van der Waals surface area contributed by atoms with Crippen LogP contribution in [0.15, 0.2) is 78.9 Å². The Morgan fingerprint density at radius 1 is 0.800 bits per heavy atom. The third-order valence-electron chi connectivity index (χ3n) is 4.63. The minimum absolute atomic E-state index is 0.561. The third-order valence-corrected chi connectivity index (χ3v) is 4.63. The Kier molecular flexibility index (Phi) is 5.30. The lowest BCUT2D eigenvalue weighted by Gasteiger charge is -2.26. The van der Waals surface area contributed by atoms with Crippen molar-refractivity contribution >= 4 is 23.3 Å².